The number of hydrogen-bond donors (Lipinski definition) is 1. The van der Waals surface area contributed by atoms with E-state index in [2.05, 4.69) is 5.32 Å². The van der Waals surface area contributed by atoms with Crippen molar-refractivity contribution < 1.29 is 9.53 Å². The zero-order chi connectivity index (χ0) is 10.7. The highest BCUT2D eigenvalue weighted by atomic mass is 16.5. The highest BCUT2D eigenvalue weighted by Gasteiger charge is 2.34. The average Bonchev–Trinajstić information content (AvgIpc) is 2.87. The molecular formula is C11H20N2O2. The molecule has 0 aromatic rings. The molecule has 0 spiro atoms. The Morgan fingerprint density at radius 2 is 2.33 bits per heavy atom. The second-order valence-electron chi connectivity index (χ2n) is 4.39. The van der Waals surface area contributed by atoms with E-state index in [-0.39, 0.29) is 12.0 Å². The third-order valence-electron chi connectivity index (χ3n) is 3.31. The zero-order valence-electron chi connectivity index (χ0n) is 9.37. The fraction of sp³-hybridized carbons (Fsp3) is 0.909. The van der Waals surface area contributed by atoms with Gasteiger partial charge in [-0.2, -0.15) is 0 Å². The average molecular weight is 212 g/mol. The van der Waals surface area contributed by atoms with Crippen molar-refractivity contribution in [2.45, 2.75) is 37.8 Å². The molecule has 0 aromatic heterocycles. The third kappa shape index (κ3) is 2.32. The fourth-order valence-corrected chi connectivity index (χ4v) is 2.53. The van der Waals surface area contributed by atoms with Gasteiger partial charge in [-0.25, -0.2) is 0 Å². The smallest absolute Gasteiger partial charge is 0.251 e. The Labute approximate surface area is 91.0 Å². The first-order chi connectivity index (χ1) is 7.33. The highest BCUT2D eigenvalue weighted by Crippen LogP contribution is 2.22. The number of nitrogens with zero attached hydrogens (tertiary/aromatic N) is 1. The minimum atomic E-state index is -0.151. The predicted molar refractivity (Wildman–Crippen MR) is 57.6 cm³/mol. The summed E-state index contributed by atoms with van der Waals surface area (Å²) in [6.07, 6.45) is 4.04. The number of likely N-dealkylation sites (N-methyl/N-ethyl adjacent to an activating group) is 1. The van der Waals surface area contributed by atoms with Crippen LogP contribution in [0.3, 0.4) is 0 Å². The summed E-state index contributed by atoms with van der Waals surface area (Å²) in [5.74, 6) is 0.213. The van der Waals surface area contributed by atoms with E-state index in [9.17, 15) is 4.79 Å². The Hall–Kier alpha value is -0.610. The summed E-state index contributed by atoms with van der Waals surface area (Å²) in [6, 6.07) is 0.381. The van der Waals surface area contributed by atoms with Crippen LogP contribution >= 0.6 is 0 Å². The highest BCUT2D eigenvalue weighted by molar-refractivity contribution is 5.81. The standard InChI is InChI=1S/C11H20N2O2/c1-12-8-9-4-2-6-13(9)11(14)10-5-3-7-15-10/h9-10,12H,2-8H2,1H3. The second-order valence-corrected chi connectivity index (χ2v) is 4.39. The lowest BCUT2D eigenvalue weighted by Crippen LogP contribution is -2.45. The van der Waals surface area contributed by atoms with Gasteiger partial charge in [0.25, 0.3) is 5.91 Å². The van der Waals surface area contributed by atoms with Crippen LogP contribution in [0.5, 0.6) is 0 Å². The molecule has 4 heteroatoms. The summed E-state index contributed by atoms with van der Waals surface area (Å²) >= 11 is 0. The topological polar surface area (TPSA) is 41.6 Å². The number of carbonyl (C=O) groups is 1. The summed E-state index contributed by atoms with van der Waals surface area (Å²) in [7, 11) is 1.94. The van der Waals surface area contributed by atoms with Gasteiger partial charge in [-0.05, 0) is 32.7 Å². The number of ether oxygens (including phenoxy) is 1. The molecule has 2 heterocycles. The van der Waals surface area contributed by atoms with Crippen LogP contribution in [0.15, 0.2) is 0 Å². The summed E-state index contributed by atoms with van der Waals surface area (Å²) in [4.78, 5) is 14.1. The summed E-state index contributed by atoms with van der Waals surface area (Å²) < 4.78 is 5.44. The van der Waals surface area contributed by atoms with Crippen LogP contribution in [0.2, 0.25) is 0 Å². The number of amides is 1. The van der Waals surface area contributed by atoms with Crippen molar-refractivity contribution in [3.63, 3.8) is 0 Å². The van der Waals surface area contributed by atoms with Crippen LogP contribution in [0.1, 0.15) is 25.7 Å². The Kier molecular flexibility index (Phi) is 3.59. The Morgan fingerprint density at radius 3 is 3.00 bits per heavy atom. The first kappa shape index (κ1) is 10.9. The third-order valence-corrected chi connectivity index (χ3v) is 3.31. The van der Waals surface area contributed by atoms with Crippen LogP contribution < -0.4 is 5.32 Å². The number of carbonyl (C=O) groups excluding carboxylic acids is 1. The van der Waals surface area contributed by atoms with Crippen LogP contribution in [0, 0.1) is 0 Å². The zero-order valence-corrected chi connectivity index (χ0v) is 9.37. The molecular weight excluding hydrogens is 192 g/mol. The van der Waals surface area contributed by atoms with Gasteiger partial charge in [0, 0.05) is 25.7 Å². The molecule has 0 aliphatic carbocycles. The van der Waals surface area contributed by atoms with Crippen molar-refractivity contribution in [2.75, 3.05) is 26.7 Å². The van der Waals surface area contributed by atoms with Gasteiger partial charge in [0.05, 0.1) is 0 Å². The van der Waals surface area contributed by atoms with Gasteiger partial charge in [-0.15, -0.1) is 0 Å². The van der Waals surface area contributed by atoms with Gasteiger partial charge in [-0.1, -0.05) is 0 Å². The van der Waals surface area contributed by atoms with Crippen molar-refractivity contribution >= 4 is 5.91 Å². The molecule has 0 aromatic carbocycles. The maximum Gasteiger partial charge on any atom is 0.251 e. The molecule has 86 valence electrons. The summed E-state index contributed by atoms with van der Waals surface area (Å²) in [5, 5.41) is 3.15. The van der Waals surface area contributed by atoms with E-state index < -0.39 is 0 Å². The van der Waals surface area contributed by atoms with Crippen molar-refractivity contribution in [3.05, 3.63) is 0 Å². The van der Waals surface area contributed by atoms with E-state index in [0.29, 0.717) is 6.04 Å². The SMILES string of the molecule is CNCC1CCCN1C(=O)C1CCCO1. The minimum absolute atomic E-state index is 0.151. The van der Waals surface area contributed by atoms with Gasteiger partial charge < -0.3 is 15.0 Å². The summed E-state index contributed by atoms with van der Waals surface area (Å²) in [5.41, 5.74) is 0. The molecule has 2 aliphatic heterocycles. The first-order valence-electron chi connectivity index (χ1n) is 5.89. The molecule has 1 N–H and O–H groups in total. The number of hydrogen-bond acceptors (Lipinski definition) is 3. The van der Waals surface area contributed by atoms with Crippen LogP contribution in [-0.4, -0.2) is 49.7 Å². The predicted octanol–water partition coefficient (Wildman–Crippen LogP) is 0.376. The molecule has 2 saturated heterocycles. The van der Waals surface area contributed by atoms with E-state index in [1.165, 1.54) is 0 Å². The van der Waals surface area contributed by atoms with Gasteiger partial charge in [0.1, 0.15) is 6.10 Å². The lowest BCUT2D eigenvalue weighted by Gasteiger charge is -2.26. The molecule has 0 bridgehead atoms. The molecule has 2 aliphatic rings. The quantitative estimate of drug-likeness (QED) is 0.735. The van der Waals surface area contributed by atoms with Crippen LogP contribution in [0.4, 0.5) is 0 Å². The largest absolute Gasteiger partial charge is 0.368 e. The normalized spacial score (nSPS) is 31.1. The number of nitrogens with one attached hydrogen (secondary N) is 1. The van der Waals surface area contributed by atoms with Crippen LogP contribution in [-0.2, 0) is 9.53 Å². The Balaban J connectivity index is 1.92. The van der Waals surface area contributed by atoms with Gasteiger partial charge in [0.2, 0.25) is 0 Å². The van der Waals surface area contributed by atoms with Gasteiger partial charge >= 0.3 is 0 Å². The van der Waals surface area contributed by atoms with E-state index in [4.69, 9.17) is 4.74 Å². The van der Waals surface area contributed by atoms with Crippen LogP contribution in [0.25, 0.3) is 0 Å². The molecule has 2 unspecified atom stereocenters. The Morgan fingerprint density at radius 1 is 1.47 bits per heavy atom. The lowest BCUT2D eigenvalue weighted by molar-refractivity contribution is -0.141. The van der Waals surface area contributed by atoms with E-state index in [1.807, 2.05) is 11.9 Å². The Bertz CT molecular complexity index is 227. The maximum absolute atomic E-state index is 12.1. The second kappa shape index (κ2) is 4.94. The number of rotatable bonds is 3. The van der Waals surface area contributed by atoms with Crippen molar-refractivity contribution in [3.8, 4) is 0 Å². The molecule has 1 amide bonds. The minimum Gasteiger partial charge on any atom is -0.368 e. The molecule has 15 heavy (non-hydrogen) atoms. The van der Waals surface area contributed by atoms with Crippen molar-refractivity contribution in [1.29, 1.82) is 0 Å². The lowest BCUT2D eigenvalue weighted by atomic mass is 10.2. The molecule has 4 nitrogen and oxygen atoms in total. The molecule has 0 saturated carbocycles. The van der Waals surface area contributed by atoms with Gasteiger partial charge in [-0.3, -0.25) is 4.79 Å². The number of likely N-dealkylation sites (tertiary alicyclic amines) is 1. The molecule has 2 rings (SSSR count). The van der Waals surface area contributed by atoms with Crippen molar-refractivity contribution in [1.82, 2.24) is 10.2 Å². The van der Waals surface area contributed by atoms with Gasteiger partial charge in [0.15, 0.2) is 0 Å². The maximum atomic E-state index is 12.1. The molecule has 0 radical (unpaired) electrons. The van der Waals surface area contributed by atoms with E-state index >= 15 is 0 Å². The van der Waals surface area contributed by atoms with E-state index in [1.54, 1.807) is 0 Å². The first-order valence-corrected chi connectivity index (χ1v) is 5.89. The van der Waals surface area contributed by atoms with Crippen molar-refractivity contribution in [2.24, 2.45) is 0 Å². The van der Waals surface area contributed by atoms with E-state index in [0.717, 1.165) is 45.4 Å². The fourth-order valence-electron chi connectivity index (χ4n) is 2.53. The summed E-state index contributed by atoms with van der Waals surface area (Å²) in [6.45, 7) is 2.56. The monoisotopic (exact) mass is 212 g/mol. The molecule has 2 fully saturated rings. The molecule has 2 atom stereocenters.